The van der Waals surface area contributed by atoms with Crippen molar-refractivity contribution in [1.82, 2.24) is 9.78 Å². The first-order valence-corrected chi connectivity index (χ1v) is 5.92. The first kappa shape index (κ1) is 12.4. The molecule has 1 aromatic carbocycles. The largest absolute Gasteiger partial charge is 0.384 e. The molecule has 0 radical (unpaired) electrons. The molecule has 3 N–H and O–H groups in total. The van der Waals surface area contributed by atoms with E-state index in [1.807, 2.05) is 36.7 Å². The Morgan fingerprint density at radius 3 is 2.50 bits per heavy atom. The highest BCUT2D eigenvalue weighted by atomic mass is 15.3. The fourth-order valence-corrected chi connectivity index (χ4v) is 2.04. The van der Waals surface area contributed by atoms with Gasteiger partial charge in [0.15, 0.2) is 0 Å². The molecule has 0 spiro atoms. The summed E-state index contributed by atoms with van der Waals surface area (Å²) >= 11 is 0. The van der Waals surface area contributed by atoms with Crippen LogP contribution >= 0.6 is 0 Å². The first-order valence-electron chi connectivity index (χ1n) is 5.92. The molecule has 4 nitrogen and oxygen atoms in total. The van der Waals surface area contributed by atoms with Crippen molar-refractivity contribution in [2.75, 3.05) is 0 Å². The van der Waals surface area contributed by atoms with E-state index in [2.05, 4.69) is 18.1 Å². The molecule has 0 unspecified atom stereocenters. The highest BCUT2D eigenvalue weighted by Gasteiger charge is 2.06. The van der Waals surface area contributed by atoms with Gasteiger partial charge in [0.1, 0.15) is 5.84 Å². The standard InChI is InChI=1S/C14H18N4/c1-9-6-12(14(15)16)4-5-13(9)8-18-11(3)7-10(2)17-18/h4-7H,8H2,1-3H3,(H3,15,16). The third-order valence-electron chi connectivity index (χ3n) is 3.08. The predicted octanol–water partition coefficient (Wildman–Crippen LogP) is 2.14. The van der Waals surface area contributed by atoms with Crippen LogP contribution in [-0.2, 0) is 6.54 Å². The number of amidine groups is 1. The van der Waals surface area contributed by atoms with Gasteiger partial charge in [-0.25, -0.2) is 0 Å². The number of nitrogens with zero attached hydrogens (tertiary/aromatic N) is 2. The summed E-state index contributed by atoms with van der Waals surface area (Å²) in [6.07, 6.45) is 0. The molecular weight excluding hydrogens is 224 g/mol. The number of hydrogen-bond acceptors (Lipinski definition) is 2. The Morgan fingerprint density at radius 1 is 1.28 bits per heavy atom. The average Bonchev–Trinajstić information content (AvgIpc) is 2.60. The number of nitrogens with two attached hydrogens (primary N) is 1. The lowest BCUT2D eigenvalue weighted by molar-refractivity contribution is 0.656. The normalized spacial score (nSPS) is 10.6. The molecule has 2 rings (SSSR count). The minimum atomic E-state index is 0.107. The molecule has 18 heavy (non-hydrogen) atoms. The molecule has 0 atom stereocenters. The molecule has 94 valence electrons. The van der Waals surface area contributed by atoms with Crippen LogP contribution in [0.3, 0.4) is 0 Å². The lowest BCUT2D eigenvalue weighted by Gasteiger charge is -2.09. The summed E-state index contributed by atoms with van der Waals surface area (Å²) in [5.41, 5.74) is 10.8. The molecule has 1 heterocycles. The number of aryl methyl sites for hydroxylation is 3. The topological polar surface area (TPSA) is 67.7 Å². The predicted molar refractivity (Wildman–Crippen MR) is 73.0 cm³/mol. The second-order valence-electron chi connectivity index (χ2n) is 4.64. The lowest BCUT2D eigenvalue weighted by atomic mass is 10.0. The monoisotopic (exact) mass is 242 g/mol. The number of nitrogens with one attached hydrogen (secondary N) is 1. The van der Waals surface area contributed by atoms with Gasteiger partial charge in [0.25, 0.3) is 0 Å². The zero-order chi connectivity index (χ0) is 13.3. The van der Waals surface area contributed by atoms with Gasteiger partial charge in [-0.1, -0.05) is 12.1 Å². The molecule has 0 aliphatic rings. The summed E-state index contributed by atoms with van der Waals surface area (Å²) in [5, 5.41) is 11.9. The maximum atomic E-state index is 7.42. The SMILES string of the molecule is Cc1cc(C)n(Cc2ccc(C(=N)N)cc2C)n1. The van der Waals surface area contributed by atoms with Crippen molar-refractivity contribution in [3.63, 3.8) is 0 Å². The van der Waals surface area contributed by atoms with Gasteiger partial charge in [-0.15, -0.1) is 0 Å². The number of nitrogen functional groups attached to an aromatic ring is 1. The smallest absolute Gasteiger partial charge is 0.122 e. The second kappa shape index (κ2) is 4.64. The lowest BCUT2D eigenvalue weighted by Crippen LogP contribution is -2.12. The van der Waals surface area contributed by atoms with Crippen LogP contribution in [-0.4, -0.2) is 15.6 Å². The Kier molecular flexibility index (Phi) is 3.19. The number of rotatable bonds is 3. The minimum absolute atomic E-state index is 0.107. The summed E-state index contributed by atoms with van der Waals surface area (Å²) < 4.78 is 1.99. The van der Waals surface area contributed by atoms with Crippen molar-refractivity contribution >= 4 is 5.84 Å². The minimum Gasteiger partial charge on any atom is -0.384 e. The Balaban J connectivity index is 2.30. The highest BCUT2D eigenvalue weighted by Crippen LogP contribution is 2.13. The first-order chi connectivity index (χ1) is 8.47. The van der Waals surface area contributed by atoms with Crippen LogP contribution in [0.2, 0.25) is 0 Å². The summed E-state index contributed by atoms with van der Waals surface area (Å²) in [4.78, 5) is 0. The molecule has 0 saturated heterocycles. The molecule has 0 aliphatic heterocycles. The van der Waals surface area contributed by atoms with Crippen LogP contribution in [0, 0.1) is 26.2 Å². The number of hydrogen-bond donors (Lipinski definition) is 2. The van der Waals surface area contributed by atoms with Crippen LogP contribution in [0.4, 0.5) is 0 Å². The Morgan fingerprint density at radius 2 is 2.00 bits per heavy atom. The quantitative estimate of drug-likeness (QED) is 0.639. The van der Waals surface area contributed by atoms with Gasteiger partial charge < -0.3 is 5.73 Å². The van der Waals surface area contributed by atoms with E-state index in [0.717, 1.165) is 29.1 Å². The zero-order valence-corrected chi connectivity index (χ0v) is 11.0. The van der Waals surface area contributed by atoms with Gasteiger partial charge in [-0.2, -0.15) is 5.10 Å². The highest BCUT2D eigenvalue weighted by molar-refractivity contribution is 5.95. The van der Waals surface area contributed by atoms with E-state index in [0.29, 0.717) is 0 Å². The van der Waals surface area contributed by atoms with Crippen LogP contribution in [0.25, 0.3) is 0 Å². The molecular formula is C14H18N4. The van der Waals surface area contributed by atoms with Gasteiger partial charge in [-0.3, -0.25) is 10.1 Å². The molecule has 0 amide bonds. The average molecular weight is 242 g/mol. The maximum absolute atomic E-state index is 7.42. The van der Waals surface area contributed by atoms with E-state index in [4.69, 9.17) is 11.1 Å². The molecule has 2 aromatic rings. The van der Waals surface area contributed by atoms with Crippen molar-refractivity contribution in [2.45, 2.75) is 27.3 Å². The van der Waals surface area contributed by atoms with Crippen LogP contribution in [0.5, 0.6) is 0 Å². The second-order valence-corrected chi connectivity index (χ2v) is 4.64. The molecule has 1 aromatic heterocycles. The van der Waals surface area contributed by atoms with Gasteiger partial charge in [0.2, 0.25) is 0 Å². The van der Waals surface area contributed by atoms with Crippen molar-refractivity contribution in [3.8, 4) is 0 Å². The van der Waals surface area contributed by atoms with Crippen LogP contribution < -0.4 is 5.73 Å². The van der Waals surface area contributed by atoms with E-state index in [1.54, 1.807) is 0 Å². The molecule has 0 aliphatic carbocycles. The number of benzene rings is 1. The van der Waals surface area contributed by atoms with E-state index >= 15 is 0 Å². The van der Waals surface area contributed by atoms with Crippen molar-refractivity contribution in [3.05, 3.63) is 52.3 Å². The van der Waals surface area contributed by atoms with E-state index in [-0.39, 0.29) is 5.84 Å². The molecule has 4 heteroatoms. The van der Waals surface area contributed by atoms with E-state index in [9.17, 15) is 0 Å². The van der Waals surface area contributed by atoms with E-state index in [1.165, 1.54) is 5.56 Å². The van der Waals surface area contributed by atoms with Crippen molar-refractivity contribution in [1.29, 1.82) is 5.41 Å². The Hall–Kier alpha value is -2.10. The van der Waals surface area contributed by atoms with Gasteiger partial charge in [0.05, 0.1) is 12.2 Å². The fourth-order valence-electron chi connectivity index (χ4n) is 2.04. The third kappa shape index (κ3) is 2.42. The van der Waals surface area contributed by atoms with Crippen molar-refractivity contribution in [2.24, 2.45) is 5.73 Å². The third-order valence-corrected chi connectivity index (χ3v) is 3.08. The van der Waals surface area contributed by atoms with Crippen molar-refractivity contribution < 1.29 is 0 Å². The Labute approximate surface area is 107 Å². The zero-order valence-electron chi connectivity index (χ0n) is 11.0. The molecule has 0 fully saturated rings. The maximum Gasteiger partial charge on any atom is 0.122 e. The molecule has 0 saturated carbocycles. The van der Waals surface area contributed by atoms with Gasteiger partial charge in [-0.05, 0) is 44.0 Å². The van der Waals surface area contributed by atoms with Gasteiger partial charge >= 0.3 is 0 Å². The fraction of sp³-hybridized carbons (Fsp3) is 0.286. The Bertz CT molecular complexity index is 596. The summed E-state index contributed by atoms with van der Waals surface area (Å²) in [6.45, 7) is 6.84. The van der Waals surface area contributed by atoms with Crippen LogP contribution in [0.1, 0.15) is 28.1 Å². The van der Waals surface area contributed by atoms with Crippen LogP contribution in [0.15, 0.2) is 24.3 Å². The summed E-state index contributed by atoms with van der Waals surface area (Å²) in [6, 6.07) is 7.92. The summed E-state index contributed by atoms with van der Waals surface area (Å²) in [5.74, 6) is 0.107. The molecule has 0 bridgehead atoms. The number of aromatic nitrogens is 2. The van der Waals surface area contributed by atoms with E-state index < -0.39 is 0 Å². The van der Waals surface area contributed by atoms with Gasteiger partial charge in [0, 0.05) is 11.3 Å². The summed E-state index contributed by atoms with van der Waals surface area (Å²) in [7, 11) is 0.